The van der Waals surface area contributed by atoms with Crippen LogP contribution < -0.4 is 4.74 Å². The van der Waals surface area contributed by atoms with Crippen molar-refractivity contribution in [1.82, 2.24) is 0 Å². The van der Waals surface area contributed by atoms with Gasteiger partial charge in [-0.25, -0.2) is 0 Å². The molecule has 0 spiro atoms. The zero-order chi connectivity index (χ0) is 15.8. The topological polar surface area (TPSA) is 55.8 Å². The van der Waals surface area contributed by atoms with E-state index in [2.05, 4.69) is 4.74 Å². The number of methoxy groups -OCH3 is 1. The van der Waals surface area contributed by atoms with Crippen LogP contribution in [0.4, 0.5) is 8.78 Å². The number of aliphatic hydroxyl groups is 1. The molecule has 0 fully saturated rings. The molecular formula is C15H20F2O4. The first-order chi connectivity index (χ1) is 9.99. The van der Waals surface area contributed by atoms with E-state index in [1.165, 1.54) is 31.4 Å². The van der Waals surface area contributed by atoms with Crippen LogP contribution in [0.15, 0.2) is 24.3 Å². The van der Waals surface area contributed by atoms with E-state index in [1.807, 2.05) is 6.92 Å². The molecule has 118 valence electrons. The fourth-order valence-electron chi connectivity index (χ4n) is 2.06. The van der Waals surface area contributed by atoms with Crippen molar-refractivity contribution in [2.75, 3.05) is 7.11 Å². The van der Waals surface area contributed by atoms with E-state index in [-0.39, 0.29) is 5.75 Å². The minimum atomic E-state index is -2.90. The highest BCUT2D eigenvalue weighted by Gasteiger charge is 2.28. The molecule has 0 aliphatic carbocycles. The van der Waals surface area contributed by atoms with Crippen molar-refractivity contribution in [1.29, 1.82) is 0 Å². The number of halogens is 2. The average Bonchev–Trinajstić information content (AvgIpc) is 2.47. The van der Waals surface area contributed by atoms with E-state index in [0.717, 1.165) is 12.8 Å². The summed E-state index contributed by atoms with van der Waals surface area (Å²) in [6.07, 6.45) is 1.13. The number of rotatable bonds is 8. The maximum absolute atomic E-state index is 12.1. The van der Waals surface area contributed by atoms with Gasteiger partial charge in [0.25, 0.3) is 0 Å². The lowest BCUT2D eigenvalue weighted by atomic mass is 9.91. The minimum Gasteiger partial charge on any atom is -0.469 e. The summed E-state index contributed by atoms with van der Waals surface area (Å²) in [7, 11) is 1.27. The van der Waals surface area contributed by atoms with Gasteiger partial charge in [0.1, 0.15) is 5.75 Å². The Labute approximate surface area is 122 Å². The van der Waals surface area contributed by atoms with Gasteiger partial charge in [-0.2, -0.15) is 8.78 Å². The van der Waals surface area contributed by atoms with Gasteiger partial charge < -0.3 is 14.6 Å². The van der Waals surface area contributed by atoms with E-state index in [4.69, 9.17) is 4.74 Å². The third-order valence-electron chi connectivity index (χ3n) is 3.20. The lowest BCUT2D eigenvalue weighted by Gasteiger charge is -2.21. The maximum atomic E-state index is 12.1. The Bertz CT molecular complexity index is 434. The summed E-state index contributed by atoms with van der Waals surface area (Å²) in [5.74, 6) is -1.15. The number of benzene rings is 1. The van der Waals surface area contributed by atoms with Gasteiger partial charge in [-0.05, 0) is 24.1 Å². The summed E-state index contributed by atoms with van der Waals surface area (Å²) in [4.78, 5) is 11.7. The molecule has 1 aromatic rings. The molecule has 4 nitrogen and oxygen atoms in total. The number of carbonyl (C=O) groups excluding carboxylic acids is 1. The number of aliphatic hydroxyl groups excluding tert-OH is 1. The van der Waals surface area contributed by atoms with Crippen molar-refractivity contribution in [3.63, 3.8) is 0 Å². The van der Waals surface area contributed by atoms with E-state index in [0.29, 0.717) is 12.0 Å². The van der Waals surface area contributed by atoms with Crippen molar-refractivity contribution < 1.29 is 28.2 Å². The van der Waals surface area contributed by atoms with E-state index in [1.54, 1.807) is 0 Å². The van der Waals surface area contributed by atoms with Crippen molar-refractivity contribution in [3.05, 3.63) is 29.8 Å². The van der Waals surface area contributed by atoms with Crippen LogP contribution in [0.3, 0.4) is 0 Å². The minimum absolute atomic E-state index is 0.00382. The molecular weight excluding hydrogens is 282 g/mol. The molecule has 6 heteroatoms. The maximum Gasteiger partial charge on any atom is 0.387 e. The Hall–Kier alpha value is -1.69. The fraction of sp³-hybridized carbons (Fsp3) is 0.533. The first kappa shape index (κ1) is 17.4. The summed E-state index contributed by atoms with van der Waals surface area (Å²) in [6, 6.07) is 5.59. The molecule has 21 heavy (non-hydrogen) atoms. The van der Waals surface area contributed by atoms with Crippen molar-refractivity contribution >= 4 is 5.97 Å². The van der Waals surface area contributed by atoms with Gasteiger partial charge in [-0.3, -0.25) is 4.79 Å². The number of hydrogen-bond acceptors (Lipinski definition) is 4. The van der Waals surface area contributed by atoms with Crippen LogP contribution in [0.25, 0.3) is 0 Å². The summed E-state index contributed by atoms with van der Waals surface area (Å²) in [5, 5.41) is 10.3. The number of ether oxygens (including phenoxy) is 2. The van der Waals surface area contributed by atoms with E-state index >= 15 is 0 Å². The normalized spacial score (nSPS) is 13.8. The number of hydrogen-bond donors (Lipinski definition) is 1. The zero-order valence-corrected chi connectivity index (χ0v) is 12.1. The summed E-state index contributed by atoms with van der Waals surface area (Å²) in [5.41, 5.74) is 0.461. The molecule has 1 aromatic carbocycles. The molecule has 0 aliphatic heterocycles. The van der Waals surface area contributed by atoms with Crippen LogP contribution in [-0.4, -0.2) is 24.8 Å². The first-order valence-electron chi connectivity index (χ1n) is 6.80. The second-order valence-electron chi connectivity index (χ2n) is 4.66. The Morgan fingerprint density at radius 1 is 1.29 bits per heavy atom. The van der Waals surface area contributed by atoms with Gasteiger partial charge in [-0.1, -0.05) is 31.9 Å². The van der Waals surface area contributed by atoms with Gasteiger partial charge in [0, 0.05) is 0 Å². The van der Waals surface area contributed by atoms with Crippen LogP contribution in [0.2, 0.25) is 0 Å². The molecule has 2 unspecified atom stereocenters. The van der Waals surface area contributed by atoms with Crippen molar-refractivity contribution in [2.45, 2.75) is 38.9 Å². The molecule has 1 rings (SSSR count). The summed E-state index contributed by atoms with van der Waals surface area (Å²) >= 11 is 0. The van der Waals surface area contributed by atoms with Crippen LogP contribution in [0.5, 0.6) is 5.75 Å². The summed E-state index contributed by atoms with van der Waals surface area (Å²) in [6.45, 7) is -0.912. The largest absolute Gasteiger partial charge is 0.469 e. The van der Waals surface area contributed by atoms with Gasteiger partial charge >= 0.3 is 12.6 Å². The first-order valence-corrected chi connectivity index (χ1v) is 6.80. The van der Waals surface area contributed by atoms with Gasteiger partial charge in [0.15, 0.2) is 0 Å². The van der Waals surface area contributed by atoms with Gasteiger partial charge in [-0.15, -0.1) is 0 Å². The SMILES string of the molecule is CCCCC(C(=O)OC)C(O)c1ccc(OC(F)F)cc1. The quantitative estimate of drug-likeness (QED) is 0.749. The molecule has 0 saturated carbocycles. The molecule has 1 N–H and O–H groups in total. The zero-order valence-electron chi connectivity index (χ0n) is 12.1. The number of unbranched alkanes of at least 4 members (excludes halogenated alkanes) is 1. The Morgan fingerprint density at radius 2 is 1.90 bits per heavy atom. The Kier molecular flexibility index (Phi) is 7.08. The highest BCUT2D eigenvalue weighted by Crippen LogP contribution is 2.29. The van der Waals surface area contributed by atoms with Crippen LogP contribution in [0, 0.1) is 5.92 Å². The number of carbonyl (C=O) groups is 1. The highest BCUT2D eigenvalue weighted by molar-refractivity contribution is 5.73. The second-order valence-corrected chi connectivity index (χ2v) is 4.66. The monoisotopic (exact) mass is 302 g/mol. The van der Waals surface area contributed by atoms with Gasteiger partial charge in [0.05, 0.1) is 19.1 Å². The molecule has 0 amide bonds. The molecule has 2 atom stereocenters. The van der Waals surface area contributed by atoms with Crippen molar-refractivity contribution in [2.24, 2.45) is 5.92 Å². The van der Waals surface area contributed by atoms with E-state index < -0.39 is 24.6 Å². The summed E-state index contributed by atoms with van der Waals surface area (Å²) < 4.78 is 33.1. The fourth-order valence-corrected chi connectivity index (χ4v) is 2.06. The number of alkyl halides is 2. The average molecular weight is 302 g/mol. The molecule has 0 bridgehead atoms. The molecule has 0 aliphatic rings. The van der Waals surface area contributed by atoms with Crippen LogP contribution in [-0.2, 0) is 9.53 Å². The molecule has 0 aromatic heterocycles. The second kappa shape index (κ2) is 8.56. The molecule has 0 heterocycles. The lowest BCUT2D eigenvalue weighted by molar-refractivity contribution is -0.150. The number of esters is 1. The van der Waals surface area contributed by atoms with E-state index in [9.17, 15) is 18.7 Å². The lowest BCUT2D eigenvalue weighted by Crippen LogP contribution is -2.23. The third kappa shape index (κ3) is 5.30. The highest BCUT2D eigenvalue weighted by atomic mass is 19.3. The Balaban J connectivity index is 2.82. The molecule has 0 saturated heterocycles. The molecule has 0 radical (unpaired) electrons. The van der Waals surface area contributed by atoms with Crippen LogP contribution in [0.1, 0.15) is 37.9 Å². The van der Waals surface area contributed by atoms with Crippen molar-refractivity contribution in [3.8, 4) is 5.75 Å². The standard InChI is InChI=1S/C15H20F2O4/c1-3-4-5-12(14(19)20-2)13(18)10-6-8-11(9-7-10)21-15(16)17/h6-9,12-13,15,18H,3-5H2,1-2H3. The smallest absolute Gasteiger partial charge is 0.387 e. The Morgan fingerprint density at radius 3 is 2.38 bits per heavy atom. The predicted molar refractivity (Wildman–Crippen MR) is 73.1 cm³/mol. The third-order valence-corrected chi connectivity index (χ3v) is 3.20. The van der Waals surface area contributed by atoms with Crippen LogP contribution >= 0.6 is 0 Å². The predicted octanol–water partition coefficient (Wildman–Crippen LogP) is 3.30. The van der Waals surface area contributed by atoms with Gasteiger partial charge in [0.2, 0.25) is 0 Å².